The Bertz CT molecular complexity index is 2500. The van der Waals surface area contributed by atoms with E-state index in [9.17, 15) is 19.5 Å². The Morgan fingerprint density at radius 2 is 1.70 bits per heavy atom. The topological polar surface area (TPSA) is 166 Å². The molecular weight excluding hydrogens is 766 g/mol. The maximum Gasteiger partial charge on any atom is 0.278 e. The van der Waals surface area contributed by atoms with Crippen LogP contribution in [-0.4, -0.2) is 98.0 Å². The highest BCUT2D eigenvalue weighted by atomic mass is 19.1. The number of aliphatic hydroxyl groups is 1. The molecule has 3 fully saturated rings. The van der Waals surface area contributed by atoms with Crippen molar-refractivity contribution < 1.29 is 19.1 Å². The number of imide groups is 1. The number of pyridine rings is 1. The van der Waals surface area contributed by atoms with E-state index in [1.807, 2.05) is 24.3 Å². The summed E-state index contributed by atoms with van der Waals surface area (Å²) in [6.07, 6.45) is 7.17. The number of fused-ring (bicyclic) bond motifs is 2. The predicted octanol–water partition coefficient (Wildman–Crippen LogP) is 4.46. The molecule has 15 nitrogen and oxygen atoms in total. The Morgan fingerprint density at radius 3 is 2.43 bits per heavy atom. The lowest BCUT2D eigenvalue weighted by molar-refractivity contribution is -0.133. The third-order valence-electron chi connectivity index (χ3n) is 12.4. The van der Waals surface area contributed by atoms with E-state index in [-0.39, 0.29) is 36.2 Å². The van der Waals surface area contributed by atoms with Gasteiger partial charge in [-0.1, -0.05) is 12.1 Å². The van der Waals surface area contributed by atoms with Gasteiger partial charge in [-0.15, -0.1) is 6.58 Å². The minimum absolute atomic E-state index is 0.248. The fourth-order valence-corrected chi connectivity index (χ4v) is 9.05. The molecule has 4 N–H and O–H groups in total. The molecule has 2 atom stereocenters. The number of nitrogens with zero attached hydrogens (tertiary/aromatic N) is 8. The van der Waals surface area contributed by atoms with Crippen molar-refractivity contribution in [1.29, 1.82) is 0 Å². The Morgan fingerprint density at radius 1 is 0.933 bits per heavy atom. The van der Waals surface area contributed by atoms with Gasteiger partial charge in [0.1, 0.15) is 22.8 Å². The van der Waals surface area contributed by atoms with Crippen molar-refractivity contribution in [3.8, 4) is 5.82 Å². The highest BCUT2D eigenvalue weighted by Gasteiger charge is 2.34. The molecular formula is C44H50FN11O4. The summed E-state index contributed by atoms with van der Waals surface area (Å²) in [5.41, 5.74) is 3.80. The molecule has 60 heavy (non-hydrogen) atoms. The molecule has 0 spiro atoms. The second-order valence-corrected chi connectivity index (χ2v) is 16.6. The number of aryl methyl sites for hydroxylation is 1. The van der Waals surface area contributed by atoms with Gasteiger partial charge in [0, 0.05) is 75.5 Å². The second-order valence-electron chi connectivity index (χ2n) is 16.6. The number of carbonyl (C=O) groups excluding carboxylic acids is 2. The fraction of sp³-hybridized carbons (Fsp3) is 0.409. The van der Waals surface area contributed by atoms with E-state index in [0.717, 1.165) is 82.0 Å². The summed E-state index contributed by atoms with van der Waals surface area (Å²) < 4.78 is 18.5. The van der Waals surface area contributed by atoms with Crippen molar-refractivity contribution in [2.75, 3.05) is 66.2 Å². The molecule has 312 valence electrons. The number of amides is 2. The molecule has 2 aromatic carbocycles. The third-order valence-corrected chi connectivity index (χ3v) is 12.4. The average molecular weight is 816 g/mol. The van der Waals surface area contributed by atoms with Crippen LogP contribution in [0.1, 0.15) is 50.3 Å². The lowest BCUT2D eigenvalue weighted by Crippen LogP contribution is -2.49. The van der Waals surface area contributed by atoms with Crippen LogP contribution >= 0.6 is 0 Å². The Hall–Kier alpha value is -6.13. The van der Waals surface area contributed by atoms with Crippen LogP contribution in [0.3, 0.4) is 0 Å². The molecule has 0 radical (unpaired) electrons. The van der Waals surface area contributed by atoms with Crippen LogP contribution < -0.4 is 31.3 Å². The number of piperidine rings is 2. The molecule has 16 heteroatoms. The summed E-state index contributed by atoms with van der Waals surface area (Å²) in [5, 5.41) is 20.0. The number of hydrogen-bond donors (Lipinski definition) is 4. The summed E-state index contributed by atoms with van der Waals surface area (Å²) in [5.74, 6) is 0.410. The summed E-state index contributed by atoms with van der Waals surface area (Å²) in [4.78, 5) is 58.2. The summed E-state index contributed by atoms with van der Waals surface area (Å²) in [6, 6.07) is 16.5. The largest absolute Gasteiger partial charge is 0.384 e. The molecule has 1 aliphatic carbocycles. The molecule has 9 rings (SSSR count). The standard InChI is InChI=1S/C44H50FN11O4/c1-3-18-55-42(59)33-26-46-43(51-40(33)56(55)37-12-4-29-14-17-44(2,60)39(29)49-37)48-30-5-8-32(9-6-30)53-23-21-52(22-24-53)27-28-15-19-54(20-16-28)36-11-7-31(25-34(36)45)47-35-10-13-38(57)50-41(35)58/h3-9,11-12,25-26,28,35,47,60H,1,10,13-24,27H2,2H3,(H,46,48,51)(H,50,57,58)/t35-,44-/m1/s1. The van der Waals surface area contributed by atoms with Gasteiger partial charge in [0.15, 0.2) is 11.5 Å². The molecule has 0 saturated carbocycles. The average Bonchev–Trinajstić information content (AvgIpc) is 3.70. The molecule has 0 bridgehead atoms. The predicted molar refractivity (Wildman–Crippen MR) is 229 cm³/mol. The normalized spacial score (nSPS) is 21.3. The first kappa shape index (κ1) is 39.3. The van der Waals surface area contributed by atoms with Crippen molar-refractivity contribution in [3.05, 3.63) is 101 Å². The van der Waals surface area contributed by atoms with E-state index in [0.29, 0.717) is 58.6 Å². The molecule has 6 heterocycles. The third kappa shape index (κ3) is 7.84. The number of piperazine rings is 1. The quantitative estimate of drug-likeness (QED) is 0.110. The zero-order valence-electron chi connectivity index (χ0n) is 33.7. The number of allylic oxidation sites excluding steroid dienone is 1. The van der Waals surface area contributed by atoms with E-state index in [4.69, 9.17) is 9.97 Å². The first-order valence-corrected chi connectivity index (χ1v) is 20.8. The first-order valence-electron chi connectivity index (χ1n) is 20.8. The number of hydrogen-bond acceptors (Lipinski definition) is 12. The van der Waals surface area contributed by atoms with Crippen molar-refractivity contribution in [3.63, 3.8) is 0 Å². The van der Waals surface area contributed by atoms with E-state index < -0.39 is 11.6 Å². The van der Waals surface area contributed by atoms with Gasteiger partial charge in [-0.05, 0) is 99.0 Å². The van der Waals surface area contributed by atoms with Gasteiger partial charge >= 0.3 is 0 Å². The maximum atomic E-state index is 15.2. The number of rotatable bonds is 11. The molecule has 5 aromatic rings. The van der Waals surface area contributed by atoms with Gasteiger partial charge in [-0.2, -0.15) is 4.98 Å². The van der Waals surface area contributed by atoms with Crippen LogP contribution in [0.5, 0.6) is 0 Å². The van der Waals surface area contributed by atoms with Gasteiger partial charge in [0.05, 0.1) is 17.9 Å². The van der Waals surface area contributed by atoms with Crippen molar-refractivity contribution >= 4 is 51.5 Å². The molecule has 3 aromatic heterocycles. The minimum atomic E-state index is -1.04. The monoisotopic (exact) mass is 815 g/mol. The van der Waals surface area contributed by atoms with Gasteiger partial charge in [-0.3, -0.25) is 24.6 Å². The highest BCUT2D eigenvalue weighted by molar-refractivity contribution is 6.01. The first-order chi connectivity index (χ1) is 29.0. The van der Waals surface area contributed by atoms with Crippen LogP contribution in [0.25, 0.3) is 16.9 Å². The van der Waals surface area contributed by atoms with E-state index in [1.165, 1.54) is 16.9 Å². The Kier molecular flexibility index (Phi) is 10.6. The second kappa shape index (κ2) is 16.1. The van der Waals surface area contributed by atoms with E-state index in [1.54, 1.807) is 29.8 Å². The summed E-state index contributed by atoms with van der Waals surface area (Å²) in [7, 11) is 0. The number of halogens is 1. The molecule has 2 amide bonds. The number of benzene rings is 2. The zero-order valence-corrected chi connectivity index (χ0v) is 33.7. The van der Waals surface area contributed by atoms with Crippen LogP contribution in [0, 0.1) is 11.7 Å². The lowest BCUT2D eigenvalue weighted by atomic mass is 9.95. The van der Waals surface area contributed by atoms with E-state index >= 15 is 4.39 Å². The van der Waals surface area contributed by atoms with Gasteiger partial charge < -0.3 is 25.5 Å². The van der Waals surface area contributed by atoms with Crippen molar-refractivity contribution in [2.45, 2.75) is 63.6 Å². The Labute approximate surface area is 346 Å². The van der Waals surface area contributed by atoms with Gasteiger partial charge in [-0.25, -0.2) is 23.7 Å². The lowest BCUT2D eigenvalue weighted by Gasteiger charge is -2.40. The zero-order chi connectivity index (χ0) is 41.5. The molecule has 0 unspecified atom stereocenters. The van der Waals surface area contributed by atoms with E-state index in [2.05, 4.69) is 54.3 Å². The SMILES string of the molecule is C=CCn1c(=O)c2cnc(Nc3ccc(N4CCN(CC5CCN(c6ccc(N[C@@H]7CCC(=O)NC7=O)cc6F)CC5)CC4)cc3)nc2n1-c1ccc2c(n1)[C@](C)(O)CC2. The molecule has 3 saturated heterocycles. The van der Waals surface area contributed by atoms with Crippen LogP contribution in [0.2, 0.25) is 0 Å². The number of anilines is 5. The van der Waals surface area contributed by atoms with Gasteiger partial charge in [0.2, 0.25) is 17.8 Å². The molecule has 3 aliphatic heterocycles. The highest BCUT2D eigenvalue weighted by Crippen LogP contribution is 2.36. The van der Waals surface area contributed by atoms with Gasteiger partial charge in [0.25, 0.3) is 5.56 Å². The van der Waals surface area contributed by atoms with Crippen molar-refractivity contribution in [2.24, 2.45) is 5.92 Å². The smallest absolute Gasteiger partial charge is 0.278 e. The maximum absolute atomic E-state index is 15.2. The number of aromatic nitrogens is 5. The summed E-state index contributed by atoms with van der Waals surface area (Å²) in [6.45, 7) is 12.2. The number of nitrogens with one attached hydrogen (secondary N) is 3. The van der Waals surface area contributed by atoms with Crippen LogP contribution in [0.4, 0.5) is 33.1 Å². The molecule has 4 aliphatic rings. The summed E-state index contributed by atoms with van der Waals surface area (Å²) >= 11 is 0. The number of carbonyl (C=O) groups is 2. The van der Waals surface area contributed by atoms with Crippen molar-refractivity contribution in [1.82, 2.24) is 34.5 Å². The minimum Gasteiger partial charge on any atom is -0.384 e. The van der Waals surface area contributed by atoms with Crippen LogP contribution in [0.15, 0.2) is 78.2 Å². The fourth-order valence-electron chi connectivity index (χ4n) is 9.05. The van der Waals surface area contributed by atoms with Crippen LogP contribution in [-0.2, 0) is 28.2 Å². The Balaban J connectivity index is 0.781.